The fourth-order valence-corrected chi connectivity index (χ4v) is 2.97. The van der Waals surface area contributed by atoms with Crippen LogP contribution in [0.4, 0.5) is 0 Å². The number of hydrogen-bond donors (Lipinski definition) is 0. The SMILES string of the molecule is C1=CC2C3C=CC(C3)C2C1.[Cl-].[Cl-].[Cl-].[Cl-].[Pt+4]. The van der Waals surface area contributed by atoms with Crippen LogP contribution in [-0.4, -0.2) is 0 Å². The second-order valence-electron chi connectivity index (χ2n) is 3.85. The Labute approximate surface area is 131 Å². The fraction of sp³-hybridized carbons (Fsp3) is 0.600. The molecule has 0 spiro atoms. The summed E-state index contributed by atoms with van der Waals surface area (Å²) in [4.78, 5) is 0. The Morgan fingerprint density at radius 3 is 2.00 bits per heavy atom. The molecule has 0 radical (unpaired) electrons. The minimum Gasteiger partial charge on any atom is -1.00 e. The van der Waals surface area contributed by atoms with Crippen molar-refractivity contribution in [2.75, 3.05) is 0 Å². The molecular formula is C10H12Cl4Pt. The van der Waals surface area contributed by atoms with E-state index in [1.54, 1.807) is 0 Å². The van der Waals surface area contributed by atoms with Crippen molar-refractivity contribution >= 4 is 0 Å². The van der Waals surface area contributed by atoms with Gasteiger partial charge in [0.15, 0.2) is 0 Å². The molecule has 1 fully saturated rings. The van der Waals surface area contributed by atoms with Crippen molar-refractivity contribution in [2.24, 2.45) is 23.7 Å². The molecule has 4 unspecified atom stereocenters. The van der Waals surface area contributed by atoms with Gasteiger partial charge in [0, 0.05) is 0 Å². The summed E-state index contributed by atoms with van der Waals surface area (Å²) in [5.41, 5.74) is 0. The average molecular weight is 469 g/mol. The maximum Gasteiger partial charge on any atom is 4.00 e. The summed E-state index contributed by atoms with van der Waals surface area (Å²) < 4.78 is 0. The largest absolute Gasteiger partial charge is 4.00 e. The first-order valence-corrected chi connectivity index (χ1v) is 4.30. The summed E-state index contributed by atoms with van der Waals surface area (Å²) >= 11 is 0. The molecule has 0 aromatic carbocycles. The molecule has 0 aromatic rings. The molecule has 0 nitrogen and oxygen atoms in total. The van der Waals surface area contributed by atoms with Gasteiger partial charge in [0.1, 0.15) is 0 Å². The predicted molar refractivity (Wildman–Crippen MR) is 41.5 cm³/mol. The van der Waals surface area contributed by atoms with Gasteiger partial charge < -0.3 is 49.6 Å². The number of allylic oxidation sites excluding steroid dienone is 4. The van der Waals surface area contributed by atoms with Crippen LogP contribution in [0.1, 0.15) is 12.8 Å². The zero-order valence-electron chi connectivity index (χ0n) is 7.86. The van der Waals surface area contributed by atoms with E-state index in [9.17, 15) is 0 Å². The van der Waals surface area contributed by atoms with Crippen LogP contribution in [0.2, 0.25) is 0 Å². The molecule has 0 amide bonds. The van der Waals surface area contributed by atoms with Gasteiger partial charge in [-0.25, -0.2) is 0 Å². The molecule has 2 bridgehead atoms. The van der Waals surface area contributed by atoms with Gasteiger partial charge in [-0.3, -0.25) is 0 Å². The zero-order valence-corrected chi connectivity index (χ0v) is 13.2. The first-order valence-electron chi connectivity index (χ1n) is 4.30. The van der Waals surface area contributed by atoms with Crippen molar-refractivity contribution in [3.8, 4) is 0 Å². The van der Waals surface area contributed by atoms with Gasteiger partial charge in [-0.15, -0.1) is 0 Å². The predicted octanol–water partition coefficient (Wildman–Crippen LogP) is -9.60. The normalized spacial score (nSPS) is 36.3. The van der Waals surface area contributed by atoms with Gasteiger partial charge >= 0.3 is 21.1 Å². The molecular weight excluding hydrogens is 457 g/mol. The summed E-state index contributed by atoms with van der Waals surface area (Å²) in [6.07, 6.45) is 12.5. The molecule has 90 valence electrons. The molecule has 0 heterocycles. The minimum absolute atomic E-state index is 0. The molecule has 4 atom stereocenters. The Bertz CT molecular complexity index is 229. The Hall–Kier alpha value is 1.33. The van der Waals surface area contributed by atoms with E-state index in [2.05, 4.69) is 24.3 Å². The maximum absolute atomic E-state index is 2.44. The van der Waals surface area contributed by atoms with Crippen molar-refractivity contribution in [3.05, 3.63) is 24.3 Å². The summed E-state index contributed by atoms with van der Waals surface area (Å²) in [5, 5.41) is 0. The molecule has 0 aliphatic heterocycles. The maximum atomic E-state index is 2.44. The molecule has 0 saturated heterocycles. The zero-order chi connectivity index (χ0) is 6.55. The molecule has 3 rings (SSSR count). The topological polar surface area (TPSA) is 0 Å². The van der Waals surface area contributed by atoms with Crippen molar-refractivity contribution in [1.82, 2.24) is 0 Å². The van der Waals surface area contributed by atoms with Gasteiger partial charge in [-0.2, -0.15) is 0 Å². The van der Waals surface area contributed by atoms with E-state index in [0.29, 0.717) is 0 Å². The fourth-order valence-electron chi connectivity index (χ4n) is 2.97. The summed E-state index contributed by atoms with van der Waals surface area (Å²) in [5.74, 6) is 3.82. The summed E-state index contributed by atoms with van der Waals surface area (Å²) in [6.45, 7) is 0. The first-order chi connectivity index (χ1) is 4.95. The van der Waals surface area contributed by atoms with Crippen LogP contribution in [0.25, 0.3) is 0 Å². The van der Waals surface area contributed by atoms with Crippen LogP contribution < -0.4 is 49.6 Å². The van der Waals surface area contributed by atoms with E-state index in [4.69, 9.17) is 0 Å². The molecule has 1 saturated carbocycles. The quantitative estimate of drug-likeness (QED) is 0.310. The molecule has 0 aromatic heterocycles. The third kappa shape index (κ3) is 3.39. The van der Waals surface area contributed by atoms with E-state index in [0.717, 1.165) is 23.7 Å². The van der Waals surface area contributed by atoms with E-state index >= 15 is 0 Å². The van der Waals surface area contributed by atoms with Crippen molar-refractivity contribution < 1.29 is 70.7 Å². The van der Waals surface area contributed by atoms with Gasteiger partial charge in [0.05, 0.1) is 0 Å². The molecule has 15 heavy (non-hydrogen) atoms. The van der Waals surface area contributed by atoms with Gasteiger partial charge in [-0.05, 0) is 36.5 Å². The first kappa shape index (κ1) is 21.6. The van der Waals surface area contributed by atoms with Crippen LogP contribution in [0, 0.1) is 23.7 Å². The van der Waals surface area contributed by atoms with Crippen LogP contribution in [0.3, 0.4) is 0 Å². The third-order valence-electron chi connectivity index (χ3n) is 3.46. The molecule has 0 N–H and O–H groups in total. The van der Waals surface area contributed by atoms with Crippen LogP contribution in [-0.2, 0) is 21.1 Å². The van der Waals surface area contributed by atoms with E-state index < -0.39 is 0 Å². The number of rotatable bonds is 0. The number of fused-ring (bicyclic) bond motifs is 5. The smallest absolute Gasteiger partial charge is 1.00 e. The molecule has 3 aliphatic carbocycles. The molecule has 3 aliphatic rings. The summed E-state index contributed by atoms with van der Waals surface area (Å²) in [6, 6.07) is 0. The van der Waals surface area contributed by atoms with Gasteiger partial charge in [0.2, 0.25) is 0 Å². The second kappa shape index (κ2) is 8.42. The van der Waals surface area contributed by atoms with Crippen LogP contribution in [0.15, 0.2) is 24.3 Å². The third-order valence-corrected chi connectivity index (χ3v) is 3.46. The monoisotopic (exact) mass is 467 g/mol. The standard InChI is InChI=1S/C10H12.4ClH.Pt/c1-2-9-7-4-5-8(6-7)10(9)3-1;;;;;/h1-2,4-5,7-10H,3,6H2;4*1H;/q;;;;;+4/p-4. The van der Waals surface area contributed by atoms with E-state index in [1.165, 1.54) is 12.8 Å². The molecule has 5 heteroatoms. The van der Waals surface area contributed by atoms with Crippen LogP contribution in [0.5, 0.6) is 0 Å². The number of hydrogen-bond acceptors (Lipinski definition) is 0. The van der Waals surface area contributed by atoms with Crippen molar-refractivity contribution in [1.29, 1.82) is 0 Å². The Kier molecular flexibility index (Phi) is 12.1. The van der Waals surface area contributed by atoms with Gasteiger partial charge in [-0.1, -0.05) is 24.3 Å². The van der Waals surface area contributed by atoms with Crippen molar-refractivity contribution in [3.63, 3.8) is 0 Å². The van der Waals surface area contributed by atoms with Crippen molar-refractivity contribution in [2.45, 2.75) is 12.8 Å². The van der Waals surface area contributed by atoms with Gasteiger partial charge in [0.25, 0.3) is 0 Å². The number of halogens is 4. The second-order valence-corrected chi connectivity index (χ2v) is 3.85. The Balaban J connectivity index is -0.000000288. The van der Waals surface area contributed by atoms with E-state index in [1.807, 2.05) is 0 Å². The Morgan fingerprint density at radius 2 is 1.40 bits per heavy atom. The minimum atomic E-state index is 0. The Morgan fingerprint density at radius 1 is 0.800 bits per heavy atom. The van der Waals surface area contributed by atoms with Crippen LogP contribution >= 0.6 is 0 Å². The summed E-state index contributed by atoms with van der Waals surface area (Å²) in [7, 11) is 0. The average Bonchev–Trinajstić information content (AvgIpc) is 2.60. The van der Waals surface area contributed by atoms with E-state index in [-0.39, 0.29) is 70.7 Å².